The molecule has 0 amide bonds. The number of rotatable bonds is 2. The molecule has 0 saturated carbocycles. The van der Waals surface area contributed by atoms with Crippen LogP contribution in [0, 0.1) is 13.8 Å². The Labute approximate surface area is 104 Å². The summed E-state index contributed by atoms with van der Waals surface area (Å²) >= 11 is 3.57. The molecule has 2 rings (SSSR count). The molecule has 0 aliphatic heterocycles. The van der Waals surface area contributed by atoms with Gasteiger partial charge in [-0.2, -0.15) is 0 Å². The zero-order valence-corrected chi connectivity index (χ0v) is 11.4. The minimum Gasteiger partial charge on any atom is -0.326 e. The molecule has 0 saturated heterocycles. The number of hydrogen-bond donors (Lipinski definition) is 0. The molecular formula is C13H15BrN2. The van der Waals surface area contributed by atoms with Crippen molar-refractivity contribution in [2.24, 2.45) is 7.05 Å². The van der Waals surface area contributed by atoms with E-state index in [9.17, 15) is 0 Å². The predicted octanol–water partition coefficient (Wildman–Crippen LogP) is 3.39. The minimum absolute atomic E-state index is 0.878. The molecule has 2 aromatic rings. The molecule has 0 unspecified atom stereocenters. The van der Waals surface area contributed by atoms with Gasteiger partial charge in [0.1, 0.15) is 10.4 Å². The van der Waals surface area contributed by atoms with E-state index in [2.05, 4.69) is 56.7 Å². The van der Waals surface area contributed by atoms with Crippen LogP contribution in [0.4, 0.5) is 0 Å². The van der Waals surface area contributed by atoms with E-state index in [4.69, 9.17) is 0 Å². The molecule has 0 N–H and O–H groups in total. The lowest BCUT2D eigenvalue weighted by Crippen LogP contribution is -1.91. The second kappa shape index (κ2) is 4.42. The molecule has 1 aromatic heterocycles. The SMILES string of the molecule is Cc1ccc(Cc2nc(C)n(C)c2Br)cc1. The van der Waals surface area contributed by atoms with Crippen LogP contribution in [0.1, 0.15) is 22.6 Å². The Morgan fingerprint density at radius 2 is 1.81 bits per heavy atom. The maximum absolute atomic E-state index is 4.54. The lowest BCUT2D eigenvalue weighted by atomic mass is 10.1. The maximum atomic E-state index is 4.54. The summed E-state index contributed by atoms with van der Waals surface area (Å²) in [7, 11) is 2.02. The average Bonchev–Trinajstić information content (AvgIpc) is 2.50. The zero-order valence-electron chi connectivity index (χ0n) is 9.79. The van der Waals surface area contributed by atoms with E-state index in [1.807, 2.05) is 14.0 Å². The molecule has 0 aliphatic carbocycles. The normalized spacial score (nSPS) is 10.8. The van der Waals surface area contributed by atoms with E-state index in [0.717, 1.165) is 22.5 Å². The Morgan fingerprint density at radius 1 is 1.19 bits per heavy atom. The molecule has 1 aromatic carbocycles. The second-order valence-electron chi connectivity index (χ2n) is 4.12. The van der Waals surface area contributed by atoms with E-state index in [1.54, 1.807) is 0 Å². The van der Waals surface area contributed by atoms with Crippen LogP contribution in [-0.2, 0) is 13.5 Å². The molecule has 0 atom stereocenters. The highest BCUT2D eigenvalue weighted by atomic mass is 79.9. The van der Waals surface area contributed by atoms with Gasteiger partial charge in [0.2, 0.25) is 0 Å². The van der Waals surface area contributed by atoms with Gasteiger partial charge in [-0.1, -0.05) is 29.8 Å². The van der Waals surface area contributed by atoms with E-state index >= 15 is 0 Å². The van der Waals surface area contributed by atoms with Crippen LogP contribution in [-0.4, -0.2) is 9.55 Å². The first-order valence-corrected chi connectivity index (χ1v) is 6.10. The van der Waals surface area contributed by atoms with Crippen molar-refractivity contribution >= 4 is 15.9 Å². The summed E-state index contributed by atoms with van der Waals surface area (Å²) in [6.07, 6.45) is 0.878. The van der Waals surface area contributed by atoms with E-state index in [0.29, 0.717) is 0 Å². The lowest BCUT2D eigenvalue weighted by molar-refractivity contribution is 0.839. The van der Waals surface area contributed by atoms with Crippen LogP contribution in [0.2, 0.25) is 0 Å². The molecule has 0 spiro atoms. The fourth-order valence-electron chi connectivity index (χ4n) is 1.66. The molecule has 84 valence electrons. The number of hydrogen-bond acceptors (Lipinski definition) is 1. The van der Waals surface area contributed by atoms with Crippen LogP contribution in [0.3, 0.4) is 0 Å². The van der Waals surface area contributed by atoms with Crippen LogP contribution in [0.15, 0.2) is 28.9 Å². The van der Waals surface area contributed by atoms with Gasteiger partial charge < -0.3 is 4.57 Å². The molecule has 16 heavy (non-hydrogen) atoms. The van der Waals surface area contributed by atoms with Gasteiger partial charge in [0, 0.05) is 13.5 Å². The Hall–Kier alpha value is -1.09. The summed E-state index contributed by atoms with van der Waals surface area (Å²) in [5.74, 6) is 1.04. The van der Waals surface area contributed by atoms with Gasteiger partial charge in [0.15, 0.2) is 0 Å². The average molecular weight is 279 g/mol. The van der Waals surface area contributed by atoms with Crippen molar-refractivity contribution in [2.45, 2.75) is 20.3 Å². The Bertz CT molecular complexity index is 497. The first-order valence-electron chi connectivity index (χ1n) is 5.31. The summed E-state index contributed by atoms with van der Waals surface area (Å²) in [6.45, 7) is 4.12. The third-order valence-corrected chi connectivity index (χ3v) is 3.80. The number of aromatic nitrogens is 2. The van der Waals surface area contributed by atoms with Crippen molar-refractivity contribution in [3.05, 3.63) is 51.5 Å². The van der Waals surface area contributed by atoms with Gasteiger partial charge in [-0.05, 0) is 35.3 Å². The smallest absolute Gasteiger partial charge is 0.108 e. The Kier molecular flexibility index (Phi) is 3.15. The first-order chi connectivity index (χ1) is 7.58. The van der Waals surface area contributed by atoms with Gasteiger partial charge in [-0.25, -0.2) is 4.98 Å². The van der Waals surface area contributed by atoms with E-state index < -0.39 is 0 Å². The molecule has 3 heteroatoms. The summed E-state index contributed by atoms with van der Waals surface area (Å²) in [5, 5.41) is 0. The van der Waals surface area contributed by atoms with Crippen LogP contribution >= 0.6 is 15.9 Å². The third-order valence-electron chi connectivity index (χ3n) is 2.81. The molecule has 0 radical (unpaired) electrons. The Balaban J connectivity index is 2.27. The van der Waals surface area contributed by atoms with Gasteiger partial charge in [0.05, 0.1) is 5.69 Å². The monoisotopic (exact) mass is 278 g/mol. The van der Waals surface area contributed by atoms with E-state index in [-0.39, 0.29) is 0 Å². The summed E-state index contributed by atoms with van der Waals surface area (Å²) in [5.41, 5.74) is 3.69. The van der Waals surface area contributed by atoms with Crippen LogP contribution in [0.5, 0.6) is 0 Å². The van der Waals surface area contributed by atoms with Crippen LogP contribution < -0.4 is 0 Å². The van der Waals surface area contributed by atoms with Crippen molar-refractivity contribution in [3.63, 3.8) is 0 Å². The van der Waals surface area contributed by atoms with Crippen LogP contribution in [0.25, 0.3) is 0 Å². The van der Waals surface area contributed by atoms with Crippen molar-refractivity contribution < 1.29 is 0 Å². The fraction of sp³-hybridized carbons (Fsp3) is 0.308. The van der Waals surface area contributed by atoms with Crippen molar-refractivity contribution in [1.82, 2.24) is 9.55 Å². The highest BCUT2D eigenvalue weighted by Gasteiger charge is 2.09. The number of benzene rings is 1. The molecule has 0 bridgehead atoms. The van der Waals surface area contributed by atoms with Crippen molar-refractivity contribution in [3.8, 4) is 0 Å². The van der Waals surface area contributed by atoms with Crippen molar-refractivity contribution in [2.75, 3.05) is 0 Å². The molecule has 0 fully saturated rings. The van der Waals surface area contributed by atoms with Crippen molar-refractivity contribution in [1.29, 1.82) is 0 Å². The number of nitrogens with zero attached hydrogens (tertiary/aromatic N) is 2. The largest absolute Gasteiger partial charge is 0.326 e. The third kappa shape index (κ3) is 2.19. The maximum Gasteiger partial charge on any atom is 0.108 e. The summed E-state index contributed by atoms with van der Waals surface area (Å²) < 4.78 is 3.13. The highest BCUT2D eigenvalue weighted by molar-refractivity contribution is 9.10. The number of halogens is 1. The minimum atomic E-state index is 0.878. The number of imidazole rings is 1. The molecule has 1 heterocycles. The summed E-state index contributed by atoms with van der Waals surface area (Å²) in [6, 6.07) is 8.59. The molecular weight excluding hydrogens is 264 g/mol. The fourth-order valence-corrected chi connectivity index (χ4v) is 2.15. The van der Waals surface area contributed by atoms with Gasteiger partial charge in [0.25, 0.3) is 0 Å². The highest BCUT2D eigenvalue weighted by Crippen LogP contribution is 2.20. The second-order valence-corrected chi connectivity index (χ2v) is 4.87. The number of aryl methyl sites for hydroxylation is 2. The first kappa shape index (κ1) is 11.4. The van der Waals surface area contributed by atoms with E-state index in [1.165, 1.54) is 11.1 Å². The Morgan fingerprint density at radius 3 is 2.31 bits per heavy atom. The quantitative estimate of drug-likeness (QED) is 0.824. The predicted molar refractivity (Wildman–Crippen MR) is 69.6 cm³/mol. The lowest BCUT2D eigenvalue weighted by Gasteiger charge is -2.00. The van der Waals surface area contributed by atoms with Gasteiger partial charge >= 0.3 is 0 Å². The molecule has 0 aliphatic rings. The standard InChI is InChI=1S/C13H15BrN2/c1-9-4-6-11(7-5-9)8-12-13(14)16(3)10(2)15-12/h4-7H,8H2,1-3H3. The molecule has 2 nitrogen and oxygen atoms in total. The van der Waals surface area contributed by atoms with Gasteiger partial charge in [-0.3, -0.25) is 0 Å². The summed E-state index contributed by atoms with van der Waals surface area (Å²) in [4.78, 5) is 4.54. The topological polar surface area (TPSA) is 17.8 Å². The zero-order chi connectivity index (χ0) is 11.7. The van der Waals surface area contributed by atoms with Gasteiger partial charge in [-0.15, -0.1) is 0 Å².